The number of carboxylic acid groups (broad SMARTS) is 1. The molecule has 18 heavy (non-hydrogen) atoms. The number of carbonyl (C=O) groups is 2. The zero-order chi connectivity index (χ0) is 14.2. The van der Waals surface area contributed by atoms with Gasteiger partial charge in [0.1, 0.15) is 12.6 Å². The van der Waals surface area contributed by atoms with Crippen LogP contribution in [0.4, 0.5) is 4.79 Å². The smallest absolute Gasteiger partial charge is 0.407 e. The number of aliphatic carboxylic acids is 1. The third-order valence-electron chi connectivity index (χ3n) is 1.90. The Morgan fingerprint density at radius 2 is 1.94 bits per heavy atom. The first-order valence-electron chi connectivity index (χ1n) is 5.19. The summed E-state index contributed by atoms with van der Waals surface area (Å²) in [5, 5.41) is 11.0. The first-order chi connectivity index (χ1) is 8.26. The molecule has 0 aliphatic carbocycles. The van der Waals surface area contributed by atoms with Gasteiger partial charge in [0.2, 0.25) is 3.79 Å². The summed E-state index contributed by atoms with van der Waals surface area (Å²) in [6, 6.07) is -1.04. The van der Waals surface area contributed by atoms with Gasteiger partial charge in [-0.05, 0) is 25.8 Å². The Morgan fingerprint density at radius 1 is 1.33 bits per heavy atom. The number of amides is 1. The van der Waals surface area contributed by atoms with E-state index in [9.17, 15) is 9.59 Å². The molecule has 6 nitrogen and oxygen atoms in total. The summed E-state index contributed by atoms with van der Waals surface area (Å²) in [6.07, 6.45) is 0.573. The first-order valence-corrected chi connectivity index (χ1v) is 6.32. The Balaban J connectivity index is 4.08. The number of rotatable bonds is 7. The highest BCUT2D eigenvalue weighted by molar-refractivity contribution is 6.67. The second-order valence-electron chi connectivity index (χ2n) is 3.51. The molecule has 1 amide bonds. The minimum absolute atomic E-state index is 0.259. The van der Waals surface area contributed by atoms with Crippen LogP contribution in [0, 0.1) is 0 Å². The van der Waals surface area contributed by atoms with Crippen LogP contribution in [0.3, 0.4) is 0 Å². The molecule has 0 aromatic rings. The summed E-state index contributed by atoms with van der Waals surface area (Å²) in [5.74, 6) is -1.15. The Labute approximate surface area is 120 Å². The molecule has 0 unspecified atom stereocenters. The summed E-state index contributed by atoms with van der Waals surface area (Å²) in [7, 11) is 0. The van der Waals surface area contributed by atoms with Crippen LogP contribution in [0.2, 0.25) is 0 Å². The van der Waals surface area contributed by atoms with Crippen molar-refractivity contribution in [2.75, 3.05) is 13.2 Å². The highest BCUT2D eigenvalue weighted by Gasteiger charge is 2.24. The largest absolute Gasteiger partial charge is 0.480 e. The number of nitrogens with two attached hydrogens (primary N) is 1. The van der Waals surface area contributed by atoms with Crippen molar-refractivity contribution >= 4 is 46.9 Å². The van der Waals surface area contributed by atoms with E-state index in [0.29, 0.717) is 19.4 Å². The average molecular weight is 322 g/mol. The van der Waals surface area contributed by atoms with Crippen LogP contribution in [-0.4, -0.2) is 40.2 Å². The monoisotopic (exact) mass is 320 g/mol. The zero-order valence-corrected chi connectivity index (χ0v) is 11.8. The average Bonchev–Trinajstić information content (AvgIpc) is 2.24. The third-order valence-corrected chi connectivity index (χ3v) is 2.23. The van der Waals surface area contributed by atoms with E-state index in [1.807, 2.05) is 0 Å². The van der Waals surface area contributed by atoms with Crippen molar-refractivity contribution in [2.45, 2.75) is 29.1 Å². The van der Waals surface area contributed by atoms with Crippen molar-refractivity contribution in [2.24, 2.45) is 5.73 Å². The first kappa shape index (κ1) is 17.6. The molecule has 0 aliphatic rings. The van der Waals surface area contributed by atoms with E-state index in [1.54, 1.807) is 0 Å². The molecule has 0 aromatic heterocycles. The molecule has 4 N–H and O–H groups in total. The maximum absolute atomic E-state index is 11.2. The number of carbonyl (C=O) groups excluding carboxylic acids is 1. The molecule has 1 atom stereocenters. The number of unbranched alkanes of at least 4 members (excludes halogenated alkanes) is 1. The number of nitrogens with one attached hydrogen (secondary N) is 1. The maximum Gasteiger partial charge on any atom is 0.407 e. The molecule has 0 heterocycles. The van der Waals surface area contributed by atoms with Crippen molar-refractivity contribution < 1.29 is 19.4 Å². The molecule has 0 rings (SSSR count). The normalized spacial score (nSPS) is 12.9. The second kappa shape index (κ2) is 8.63. The van der Waals surface area contributed by atoms with Gasteiger partial charge in [-0.3, -0.25) is 0 Å². The lowest BCUT2D eigenvalue weighted by molar-refractivity contribution is -0.139. The topological polar surface area (TPSA) is 102 Å². The standard InChI is InChI=1S/C9H15Cl3N2O4/c10-9(11,12)5-18-8(17)14-6(7(15)16)3-1-2-4-13/h6H,1-5,13H2,(H,14,17)(H,15,16)/t6-/m0/s1. The van der Waals surface area contributed by atoms with Crippen LogP contribution in [-0.2, 0) is 9.53 Å². The van der Waals surface area contributed by atoms with Gasteiger partial charge in [-0.2, -0.15) is 0 Å². The van der Waals surface area contributed by atoms with Gasteiger partial charge in [0, 0.05) is 0 Å². The van der Waals surface area contributed by atoms with Gasteiger partial charge in [-0.25, -0.2) is 9.59 Å². The minimum atomic E-state index is -1.73. The Hall–Kier alpha value is -0.430. The van der Waals surface area contributed by atoms with E-state index in [0.717, 1.165) is 0 Å². The Morgan fingerprint density at radius 3 is 2.39 bits per heavy atom. The van der Waals surface area contributed by atoms with Crippen LogP contribution in [0.1, 0.15) is 19.3 Å². The molecule has 0 aliphatic heterocycles. The lowest BCUT2D eigenvalue weighted by Crippen LogP contribution is -2.41. The second-order valence-corrected chi connectivity index (χ2v) is 6.03. The number of alkyl halides is 3. The van der Waals surface area contributed by atoms with Crippen LogP contribution in [0.5, 0.6) is 0 Å². The molecule has 0 bridgehead atoms. The molecule has 0 saturated carbocycles. The summed E-state index contributed by atoms with van der Waals surface area (Å²) in [6.45, 7) is 0.00267. The fraction of sp³-hybridized carbons (Fsp3) is 0.778. The van der Waals surface area contributed by atoms with E-state index >= 15 is 0 Å². The van der Waals surface area contributed by atoms with Crippen LogP contribution in [0.15, 0.2) is 0 Å². The van der Waals surface area contributed by atoms with Gasteiger partial charge in [0.05, 0.1) is 0 Å². The fourth-order valence-corrected chi connectivity index (χ4v) is 1.25. The molecule has 0 saturated heterocycles. The predicted molar refractivity (Wildman–Crippen MR) is 69.1 cm³/mol. The van der Waals surface area contributed by atoms with Crippen molar-refractivity contribution in [1.29, 1.82) is 0 Å². The van der Waals surface area contributed by atoms with Crippen molar-refractivity contribution in [3.8, 4) is 0 Å². The molecule has 0 aromatic carbocycles. The van der Waals surface area contributed by atoms with Crippen LogP contribution >= 0.6 is 34.8 Å². The SMILES string of the molecule is NCCCC[C@H](NC(=O)OCC(Cl)(Cl)Cl)C(=O)O. The predicted octanol–water partition coefficient (Wildman–Crippen LogP) is 1.67. The van der Waals surface area contributed by atoms with Gasteiger partial charge in [-0.1, -0.05) is 34.8 Å². The molecule has 9 heteroatoms. The van der Waals surface area contributed by atoms with E-state index in [-0.39, 0.29) is 6.42 Å². The van der Waals surface area contributed by atoms with Crippen molar-refractivity contribution in [3.05, 3.63) is 0 Å². The lowest BCUT2D eigenvalue weighted by atomic mass is 10.1. The lowest BCUT2D eigenvalue weighted by Gasteiger charge is -2.16. The molecule has 0 spiro atoms. The number of carboxylic acids is 1. The minimum Gasteiger partial charge on any atom is -0.480 e. The number of ether oxygens (including phenoxy) is 1. The van der Waals surface area contributed by atoms with Crippen LogP contribution < -0.4 is 11.1 Å². The van der Waals surface area contributed by atoms with Crippen molar-refractivity contribution in [3.63, 3.8) is 0 Å². The van der Waals surface area contributed by atoms with Gasteiger partial charge in [0.15, 0.2) is 0 Å². The highest BCUT2D eigenvalue weighted by Crippen LogP contribution is 2.25. The number of halogens is 3. The molecular formula is C9H15Cl3N2O4. The van der Waals surface area contributed by atoms with Gasteiger partial charge in [-0.15, -0.1) is 0 Å². The van der Waals surface area contributed by atoms with Gasteiger partial charge in [0.25, 0.3) is 0 Å². The number of alkyl carbamates (subject to hydrolysis) is 1. The fourth-order valence-electron chi connectivity index (χ4n) is 1.08. The Kier molecular flexibility index (Phi) is 8.43. The highest BCUT2D eigenvalue weighted by atomic mass is 35.6. The van der Waals surface area contributed by atoms with E-state index in [4.69, 9.17) is 45.6 Å². The molecule has 0 radical (unpaired) electrons. The molecule has 106 valence electrons. The van der Waals surface area contributed by atoms with E-state index in [2.05, 4.69) is 10.1 Å². The maximum atomic E-state index is 11.2. The summed E-state index contributed by atoms with van der Waals surface area (Å²) < 4.78 is 2.83. The quantitative estimate of drug-likeness (QED) is 0.489. The number of hydrogen-bond donors (Lipinski definition) is 3. The summed E-state index contributed by atoms with van der Waals surface area (Å²) in [5.41, 5.74) is 5.28. The van der Waals surface area contributed by atoms with Gasteiger partial charge >= 0.3 is 12.1 Å². The summed E-state index contributed by atoms with van der Waals surface area (Å²) >= 11 is 16.1. The molecular weight excluding hydrogens is 306 g/mol. The summed E-state index contributed by atoms with van der Waals surface area (Å²) in [4.78, 5) is 22.1. The zero-order valence-electron chi connectivity index (χ0n) is 9.50. The Bertz CT molecular complexity index is 283. The van der Waals surface area contributed by atoms with E-state index in [1.165, 1.54) is 0 Å². The molecule has 0 fully saturated rings. The van der Waals surface area contributed by atoms with Gasteiger partial charge < -0.3 is 20.9 Å². The van der Waals surface area contributed by atoms with Crippen molar-refractivity contribution in [1.82, 2.24) is 5.32 Å². The number of hydrogen-bond acceptors (Lipinski definition) is 4. The van der Waals surface area contributed by atoms with E-state index < -0.39 is 28.5 Å². The van der Waals surface area contributed by atoms with Crippen LogP contribution in [0.25, 0.3) is 0 Å². The third kappa shape index (κ3) is 9.58.